The molecule has 1 aliphatic rings. The van der Waals surface area contributed by atoms with Crippen LogP contribution in [0.25, 0.3) is 11.3 Å². The minimum atomic E-state index is -3.98. The van der Waals surface area contributed by atoms with Gasteiger partial charge in [-0.2, -0.15) is 10.1 Å². The minimum Gasteiger partial charge on any atom is -0.472 e. The van der Waals surface area contributed by atoms with Crippen molar-refractivity contribution in [2.45, 2.75) is 37.7 Å². The van der Waals surface area contributed by atoms with Gasteiger partial charge in [0.25, 0.3) is 10.0 Å². The van der Waals surface area contributed by atoms with Gasteiger partial charge in [-0.15, -0.1) is 0 Å². The zero-order chi connectivity index (χ0) is 27.6. The van der Waals surface area contributed by atoms with Crippen LogP contribution in [0.4, 0.5) is 5.95 Å². The van der Waals surface area contributed by atoms with Crippen LogP contribution in [0.3, 0.4) is 0 Å². The summed E-state index contributed by atoms with van der Waals surface area (Å²) in [7, 11) is -2.34. The number of rotatable bonds is 8. The van der Waals surface area contributed by atoms with Gasteiger partial charge in [0.1, 0.15) is 11.0 Å². The molecule has 1 fully saturated rings. The molecule has 12 heteroatoms. The van der Waals surface area contributed by atoms with Crippen LogP contribution in [-0.4, -0.2) is 63.2 Å². The first kappa shape index (κ1) is 26.3. The van der Waals surface area contributed by atoms with Gasteiger partial charge >= 0.3 is 0 Å². The van der Waals surface area contributed by atoms with Gasteiger partial charge in [-0.05, 0) is 42.7 Å². The van der Waals surface area contributed by atoms with E-state index in [0.29, 0.717) is 31.6 Å². The number of carbonyl (C=O) groups is 1. The highest BCUT2D eigenvalue weighted by Crippen LogP contribution is 2.30. The Morgan fingerprint density at radius 2 is 1.87 bits per heavy atom. The lowest BCUT2D eigenvalue weighted by Crippen LogP contribution is -2.32. The normalized spacial score (nSPS) is 15.4. The molecule has 1 aromatic carbocycles. The molecule has 1 saturated heterocycles. The molecular weight excluding hydrogens is 518 g/mol. The van der Waals surface area contributed by atoms with Crippen molar-refractivity contribution < 1.29 is 17.9 Å². The third-order valence-electron chi connectivity index (χ3n) is 6.55. The first-order valence-electron chi connectivity index (χ1n) is 12.5. The van der Waals surface area contributed by atoms with E-state index in [1.54, 1.807) is 30.4 Å². The average molecular weight is 548 g/mol. The van der Waals surface area contributed by atoms with Crippen molar-refractivity contribution in [2.75, 3.05) is 17.8 Å². The van der Waals surface area contributed by atoms with E-state index in [2.05, 4.69) is 24.8 Å². The van der Waals surface area contributed by atoms with E-state index >= 15 is 0 Å². The summed E-state index contributed by atoms with van der Waals surface area (Å²) in [6, 6.07) is 11.2. The molecule has 11 nitrogen and oxygen atoms in total. The summed E-state index contributed by atoms with van der Waals surface area (Å²) in [6.07, 6.45) is 6.61. The molecule has 4 aromatic rings. The molecule has 1 atom stereocenters. The number of amides is 1. The van der Waals surface area contributed by atoms with Crippen molar-refractivity contribution in [3.05, 3.63) is 77.9 Å². The second kappa shape index (κ2) is 10.8. The lowest BCUT2D eigenvalue weighted by atomic mass is 10.00. The minimum absolute atomic E-state index is 0.00677. The number of nitrogens with one attached hydrogen (secondary N) is 1. The Bertz CT molecular complexity index is 1590. The van der Waals surface area contributed by atoms with Crippen molar-refractivity contribution in [1.29, 1.82) is 0 Å². The predicted octanol–water partition coefficient (Wildman–Crippen LogP) is 2.91. The highest BCUT2D eigenvalue weighted by Gasteiger charge is 2.29. The highest BCUT2D eigenvalue weighted by atomic mass is 32.2. The molecule has 1 amide bonds. The van der Waals surface area contributed by atoms with E-state index in [-0.39, 0.29) is 28.7 Å². The Morgan fingerprint density at radius 3 is 2.56 bits per heavy atom. The molecule has 4 heterocycles. The highest BCUT2D eigenvalue weighted by molar-refractivity contribution is 7.92. The zero-order valence-corrected chi connectivity index (χ0v) is 22.7. The van der Waals surface area contributed by atoms with Crippen LogP contribution in [0.15, 0.2) is 66.1 Å². The number of hydrogen-bond acceptors (Lipinski definition) is 8. The van der Waals surface area contributed by atoms with E-state index in [9.17, 15) is 13.2 Å². The molecule has 202 valence electrons. The topological polar surface area (TPSA) is 132 Å². The number of pyridine rings is 1. The summed E-state index contributed by atoms with van der Waals surface area (Å²) in [4.78, 5) is 27.5. The number of hydrogen-bond donors (Lipinski definition) is 1. The summed E-state index contributed by atoms with van der Waals surface area (Å²) in [5.74, 6) is 0.119. The van der Waals surface area contributed by atoms with Crippen LogP contribution < -0.4 is 9.46 Å². The first-order chi connectivity index (χ1) is 18.7. The summed E-state index contributed by atoms with van der Waals surface area (Å²) in [5.41, 5.74) is 4.26. The number of aromatic nitrogens is 5. The number of ether oxygens (including phenoxy) is 1. The van der Waals surface area contributed by atoms with Gasteiger partial charge in [0.2, 0.25) is 17.7 Å². The van der Waals surface area contributed by atoms with Crippen LogP contribution >= 0.6 is 0 Å². The molecule has 3 aromatic heterocycles. The van der Waals surface area contributed by atoms with Crippen LogP contribution in [0, 0.1) is 13.8 Å². The third kappa shape index (κ3) is 6.06. The Morgan fingerprint density at radius 1 is 1.13 bits per heavy atom. The number of sulfonamides is 1. The number of benzene rings is 1. The van der Waals surface area contributed by atoms with Gasteiger partial charge in [-0.1, -0.05) is 18.2 Å². The number of aryl methyl sites for hydroxylation is 3. The van der Waals surface area contributed by atoms with Crippen molar-refractivity contribution in [2.24, 2.45) is 7.05 Å². The van der Waals surface area contributed by atoms with Crippen LogP contribution in [-0.2, 0) is 28.3 Å². The molecule has 39 heavy (non-hydrogen) atoms. The molecule has 0 aliphatic carbocycles. The van der Waals surface area contributed by atoms with E-state index in [0.717, 1.165) is 22.3 Å². The first-order valence-corrected chi connectivity index (χ1v) is 14.0. The Labute approximate surface area is 226 Å². The molecule has 5 rings (SSSR count). The standard InChI is InChI=1S/C27H29N7O4S/c1-18-5-4-6-19(2)26(18)23-14-24(31-27(30-23)32-39(36,37)22-15-29-33(3)17-22)38-21-9-12-34(16-21)25(35)13-20-7-10-28-11-8-20/h4-8,10-11,14-15,17,21H,9,12-13,16H2,1-3H3,(H,30,31,32). The van der Waals surface area contributed by atoms with Crippen molar-refractivity contribution >= 4 is 21.9 Å². The summed E-state index contributed by atoms with van der Waals surface area (Å²) < 4.78 is 36.0. The van der Waals surface area contributed by atoms with Gasteiger partial charge in [0, 0.05) is 50.2 Å². The fraction of sp³-hybridized carbons (Fsp3) is 0.296. The summed E-state index contributed by atoms with van der Waals surface area (Å²) in [5, 5.41) is 3.94. The van der Waals surface area contributed by atoms with Crippen LogP contribution in [0.5, 0.6) is 5.88 Å². The Balaban J connectivity index is 1.40. The monoisotopic (exact) mass is 547 g/mol. The van der Waals surface area contributed by atoms with Crippen molar-refractivity contribution in [3.8, 4) is 17.1 Å². The lowest BCUT2D eigenvalue weighted by molar-refractivity contribution is -0.129. The number of anilines is 1. The van der Waals surface area contributed by atoms with E-state index in [1.807, 2.05) is 44.2 Å². The molecule has 0 bridgehead atoms. The second-order valence-electron chi connectivity index (χ2n) is 9.54. The van der Waals surface area contributed by atoms with Gasteiger partial charge in [-0.25, -0.2) is 18.1 Å². The molecular formula is C27H29N7O4S. The summed E-state index contributed by atoms with van der Waals surface area (Å²) >= 11 is 0. The maximum atomic E-state index is 13.0. The van der Waals surface area contributed by atoms with E-state index in [1.165, 1.54) is 17.1 Å². The largest absolute Gasteiger partial charge is 0.472 e. The lowest BCUT2D eigenvalue weighted by Gasteiger charge is -2.18. The Kier molecular flexibility index (Phi) is 7.29. The molecule has 1 N–H and O–H groups in total. The van der Waals surface area contributed by atoms with Crippen molar-refractivity contribution in [3.63, 3.8) is 0 Å². The van der Waals surface area contributed by atoms with Crippen molar-refractivity contribution in [1.82, 2.24) is 29.6 Å². The van der Waals surface area contributed by atoms with Crippen LogP contribution in [0.1, 0.15) is 23.1 Å². The Hall–Kier alpha value is -4.32. The number of nitrogens with zero attached hydrogens (tertiary/aromatic N) is 6. The summed E-state index contributed by atoms with van der Waals surface area (Å²) in [6.45, 7) is 4.90. The number of carbonyl (C=O) groups excluding carboxylic acids is 1. The average Bonchev–Trinajstić information content (AvgIpc) is 3.54. The van der Waals surface area contributed by atoms with Gasteiger partial charge in [-0.3, -0.25) is 14.5 Å². The molecule has 0 saturated carbocycles. The second-order valence-corrected chi connectivity index (χ2v) is 11.2. The van der Waals surface area contributed by atoms with Gasteiger partial charge < -0.3 is 9.64 Å². The maximum Gasteiger partial charge on any atom is 0.267 e. The third-order valence-corrected chi connectivity index (χ3v) is 7.83. The van der Waals surface area contributed by atoms with E-state index < -0.39 is 10.0 Å². The van der Waals surface area contributed by atoms with E-state index in [4.69, 9.17) is 4.74 Å². The maximum absolute atomic E-state index is 13.0. The smallest absolute Gasteiger partial charge is 0.267 e. The zero-order valence-electron chi connectivity index (χ0n) is 21.9. The van der Waals surface area contributed by atoms with Gasteiger partial charge in [0.05, 0.1) is 24.9 Å². The quantitative estimate of drug-likeness (QED) is 0.356. The number of likely N-dealkylation sites (tertiary alicyclic amines) is 1. The predicted molar refractivity (Wildman–Crippen MR) is 145 cm³/mol. The SMILES string of the molecule is Cc1cccc(C)c1-c1cc(OC2CCN(C(=O)Cc3ccncc3)C2)nc(NS(=O)(=O)c2cnn(C)c2)n1. The fourth-order valence-corrected chi connectivity index (χ4v) is 5.53. The molecule has 1 aliphatic heterocycles. The molecule has 0 spiro atoms. The molecule has 1 unspecified atom stereocenters. The fourth-order valence-electron chi connectivity index (χ4n) is 4.60. The van der Waals surface area contributed by atoms with Gasteiger partial charge in [0.15, 0.2) is 0 Å². The molecule has 0 radical (unpaired) electrons. The van der Waals surface area contributed by atoms with Crippen LogP contribution in [0.2, 0.25) is 0 Å².